The van der Waals surface area contributed by atoms with Crippen LogP contribution in [0.15, 0.2) is 18.2 Å². The second-order valence-corrected chi connectivity index (χ2v) is 3.80. The van der Waals surface area contributed by atoms with E-state index in [0.29, 0.717) is 23.7 Å². The molecule has 4 heteroatoms. The second-order valence-electron chi connectivity index (χ2n) is 3.43. The Bertz CT molecular complexity index is 366. The van der Waals surface area contributed by atoms with E-state index in [-0.39, 0.29) is 5.97 Å². The molecule has 0 fully saturated rings. The van der Waals surface area contributed by atoms with Crippen molar-refractivity contribution in [3.63, 3.8) is 0 Å². The maximum Gasteiger partial charge on any atom is 0.338 e. The molecule has 0 aromatic heterocycles. The first-order valence-corrected chi connectivity index (χ1v) is 5.84. The summed E-state index contributed by atoms with van der Waals surface area (Å²) in [5.74, 6) is 0.275. The SMILES string of the molecule is CCOC(=O)c1ccc(CCCCl)c(N)c1. The Kier molecular flexibility index (Phi) is 5.12. The Hall–Kier alpha value is -1.22. The third kappa shape index (κ3) is 3.42. The number of hydrogen-bond acceptors (Lipinski definition) is 3. The Labute approximate surface area is 101 Å². The predicted molar refractivity (Wildman–Crippen MR) is 65.9 cm³/mol. The monoisotopic (exact) mass is 241 g/mol. The fourth-order valence-corrected chi connectivity index (χ4v) is 1.55. The first-order chi connectivity index (χ1) is 7.69. The van der Waals surface area contributed by atoms with Crippen LogP contribution >= 0.6 is 11.6 Å². The number of carbonyl (C=O) groups is 1. The number of esters is 1. The minimum absolute atomic E-state index is 0.335. The van der Waals surface area contributed by atoms with Gasteiger partial charge in [-0.3, -0.25) is 0 Å². The highest BCUT2D eigenvalue weighted by molar-refractivity contribution is 6.17. The smallest absolute Gasteiger partial charge is 0.338 e. The van der Waals surface area contributed by atoms with Gasteiger partial charge in [-0.25, -0.2) is 4.79 Å². The van der Waals surface area contributed by atoms with Gasteiger partial charge in [-0.15, -0.1) is 11.6 Å². The molecule has 0 bridgehead atoms. The Balaban J connectivity index is 2.78. The van der Waals surface area contributed by atoms with Crippen LogP contribution in [0.1, 0.15) is 29.3 Å². The van der Waals surface area contributed by atoms with Gasteiger partial charge in [-0.05, 0) is 37.5 Å². The number of rotatable bonds is 5. The summed E-state index contributed by atoms with van der Waals surface area (Å²) in [5.41, 5.74) is 7.98. The molecule has 0 unspecified atom stereocenters. The first-order valence-electron chi connectivity index (χ1n) is 5.30. The number of hydrogen-bond donors (Lipinski definition) is 1. The minimum Gasteiger partial charge on any atom is -0.462 e. The number of nitrogens with two attached hydrogens (primary N) is 1. The van der Waals surface area contributed by atoms with Crippen molar-refractivity contribution >= 4 is 23.3 Å². The molecular weight excluding hydrogens is 226 g/mol. The maximum atomic E-state index is 11.4. The number of halogens is 1. The molecule has 0 radical (unpaired) electrons. The summed E-state index contributed by atoms with van der Waals surface area (Å²) in [6, 6.07) is 5.24. The summed E-state index contributed by atoms with van der Waals surface area (Å²) in [6.45, 7) is 2.14. The van der Waals surface area contributed by atoms with Gasteiger partial charge >= 0.3 is 5.97 Å². The van der Waals surface area contributed by atoms with Crippen LogP contribution in [-0.4, -0.2) is 18.5 Å². The normalized spacial score (nSPS) is 10.1. The van der Waals surface area contributed by atoms with E-state index in [4.69, 9.17) is 22.1 Å². The number of nitrogen functional groups attached to an aromatic ring is 1. The molecular formula is C12H16ClNO2. The predicted octanol–water partition coefficient (Wildman–Crippen LogP) is 2.62. The zero-order valence-corrected chi connectivity index (χ0v) is 10.1. The van der Waals surface area contributed by atoms with E-state index in [1.165, 1.54) is 0 Å². The van der Waals surface area contributed by atoms with Crippen LogP contribution in [0.2, 0.25) is 0 Å². The van der Waals surface area contributed by atoms with Gasteiger partial charge in [-0.1, -0.05) is 6.07 Å². The number of aryl methyl sites for hydroxylation is 1. The zero-order valence-electron chi connectivity index (χ0n) is 9.33. The Morgan fingerprint density at radius 2 is 2.25 bits per heavy atom. The van der Waals surface area contributed by atoms with E-state index in [0.717, 1.165) is 18.4 Å². The molecule has 0 atom stereocenters. The van der Waals surface area contributed by atoms with Gasteiger partial charge < -0.3 is 10.5 Å². The first kappa shape index (κ1) is 12.8. The average Bonchev–Trinajstić information content (AvgIpc) is 2.27. The van der Waals surface area contributed by atoms with Crippen LogP contribution in [-0.2, 0) is 11.2 Å². The number of anilines is 1. The van der Waals surface area contributed by atoms with Crippen LogP contribution in [0.4, 0.5) is 5.69 Å². The molecule has 0 spiro atoms. The standard InChI is InChI=1S/C12H16ClNO2/c1-2-16-12(15)10-6-5-9(4-3-7-13)11(14)8-10/h5-6,8H,2-4,7,14H2,1H3. The highest BCUT2D eigenvalue weighted by atomic mass is 35.5. The molecule has 88 valence electrons. The molecule has 1 aromatic rings. The molecule has 0 heterocycles. The third-order valence-corrected chi connectivity index (χ3v) is 2.50. The van der Waals surface area contributed by atoms with Crippen molar-refractivity contribution in [1.29, 1.82) is 0 Å². The van der Waals surface area contributed by atoms with E-state index in [1.807, 2.05) is 6.07 Å². The summed E-state index contributed by atoms with van der Waals surface area (Å²) in [6.07, 6.45) is 1.71. The molecule has 1 rings (SSSR count). The summed E-state index contributed by atoms with van der Waals surface area (Å²) in [7, 11) is 0. The van der Waals surface area contributed by atoms with Gasteiger partial charge in [0.25, 0.3) is 0 Å². The van der Waals surface area contributed by atoms with Gasteiger partial charge in [0.05, 0.1) is 12.2 Å². The van der Waals surface area contributed by atoms with Crippen LogP contribution in [0, 0.1) is 0 Å². The molecule has 0 saturated carbocycles. The summed E-state index contributed by atoms with van der Waals surface area (Å²) >= 11 is 5.61. The molecule has 0 aliphatic carbocycles. The van der Waals surface area contributed by atoms with Crippen LogP contribution in [0.25, 0.3) is 0 Å². The molecule has 2 N–H and O–H groups in total. The topological polar surface area (TPSA) is 52.3 Å². The number of ether oxygens (including phenoxy) is 1. The van der Waals surface area contributed by atoms with Gasteiger partial charge in [0.2, 0.25) is 0 Å². The van der Waals surface area contributed by atoms with E-state index >= 15 is 0 Å². The van der Waals surface area contributed by atoms with Crippen molar-refractivity contribution in [3.8, 4) is 0 Å². The Morgan fingerprint density at radius 1 is 1.50 bits per heavy atom. The lowest BCUT2D eigenvalue weighted by molar-refractivity contribution is 0.0526. The van der Waals surface area contributed by atoms with Gasteiger partial charge in [0, 0.05) is 11.6 Å². The largest absolute Gasteiger partial charge is 0.462 e. The van der Waals surface area contributed by atoms with Crippen molar-refractivity contribution < 1.29 is 9.53 Å². The van der Waals surface area contributed by atoms with Crippen molar-refractivity contribution in [3.05, 3.63) is 29.3 Å². The fraction of sp³-hybridized carbons (Fsp3) is 0.417. The summed E-state index contributed by atoms with van der Waals surface area (Å²) < 4.78 is 4.89. The lowest BCUT2D eigenvalue weighted by Crippen LogP contribution is -2.06. The summed E-state index contributed by atoms with van der Waals surface area (Å²) in [5, 5.41) is 0. The van der Waals surface area contributed by atoms with E-state index < -0.39 is 0 Å². The lowest BCUT2D eigenvalue weighted by atomic mass is 10.1. The molecule has 16 heavy (non-hydrogen) atoms. The van der Waals surface area contributed by atoms with E-state index in [9.17, 15) is 4.79 Å². The third-order valence-electron chi connectivity index (χ3n) is 2.24. The van der Waals surface area contributed by atoms with E-state index in [2.05, 4.69) is 0 Å². The summed E-state index contributed by atoms with van der Waals surface area (Å²) in [4.78, 5) is 11.4. The maximum absolute atomic E-state index is 11.4. The van der Waals surface area contributed by atoms with Crippen LogP contribution in [0.3, 0.4) is 0 Å². The quantitative estimate of drug-likeness (QED) is 0.490. The van der Waals surface area contributed by atoms with Gasteiger partial charge in [0.1, 0.15) is 0 Å². The minimum atomic E-state index is -0.335. The van der Waals surface area contributed by atoms with Crippen molar-refractivity contribution in [1.82, 2.24) is 0 Å². The van der Waals surface area contributed by atoms with Crippen molar-refractivity contribution in [2.24, 2.45) is 0 Å². The average molecular weight is 242 g/mol. The van der Waals surface area contributed by atoms with Crippen LogP contribution < -0.4 is 5.73 Å². The fourth-order valence-electron chi connectivity index (χ4n) is 1.42. The van der Waals surface area contributed by atoms with Gasteiger partial charge in [-0.2, -0.15) is 0 Å². The molecule has 0 aliphatic rings. The molecule has 0 aliphatic heterocycles. The zero-order chi connectivity index (χ0) is 12.0. The van der Waals surface area contributed by atoms with Crippen molar-refractivity contribution in [2.45, 2.75) is 19.8 Å². The Morgan fingerprint density at radius 3 is 2.81 bits per heavy atom. The highest BCUT2D eigenvalue weighted by Crippen LogP contribution is 2.17. The highest BCUT2D eigenvalue weighted by Gasteiger charge is 2.08. The van der Waals surface area contributed by atoms with E-state index in [1.54, 1.807) is 19.1 Å². The number of alkyl halides is 1. The lowest BCUT2D eigenvalue weighted by Gasteiger charge is -2.07. The van der Waals surface area contributed by atoms with Gasteiger partial charge in [0.15, 0.2) is 0 Å². The van der Waals surface area contributed by atoms with Crippen LogP contribution in [0.5, 0.6) is 0 Å². The number of carbonyl (C=O) groups excluding carboxylic acids is 1. The second kappa shape index (κ2) is 6.38. The molecule has 0 saturated heterocycles. The molecule has 1 aromatic carbocycles. The van der Waals surface area contributed by atoms with Crippen molar-refractivity contribution in [2.75, 3.05) is 18.2 Å². The number of benzene rings is 1. The molecule has 0 amide bonds. The molecule has 3 nitrogen and oxygen atoms in total.